The molecule has 32 heavy (non-hydrogen) atoms. The number of amides is 3. The Morgan fingerprint density at radius 2 is 1.28 bits per heavy atom. The normalized spacial score (nSPS) is 15.6. The number of aliphatic hydroxyl groups excluding tert-OH is 1. The molecule has 0 rings (SSSR count). The molecule has 0 heterocycles. The van der Waals surface area contributed by atoms with Crippen LogP contribution in [0, 0.1) is 5.92 Å². The highest BCUT2D eigenvalue weighted by Crippen LogP contribution is 2.06. The number of rotatable bonds is 14. The fourth-order valence-electron chi connectivity index (χ4n) is 2.45. The minimum Gasteiger partial charge on any atom is -0.481 e. The second-order valence-electron chi connectivity index (χ2n) is 7.49. The molecule has 0 saturated carbocycles. The third-order valence-electron chi connectivity index (χ3n) is 4.34. The molecule has 5 atom stereocenters. The van der Waals surface area contributed by atoms with E-state index in [1.54, 1.807) is 0 Å². The van der Waals surface area contributed by atoms with Crippen LogP contribution in [0.3, 0.4) is 0 Å². The molecule has 0 fully saturated rings. The number of hydrogen-bond donors (Lipinski definition) is 8. The fraction of sp³-hybridized carbons (Fsp3) is 0.667. The Balaban J connectivity index is 5.60. The third kappa shape index (κ3) is 10.2. The van der Waals surface area contributed by atoms with E-state index in [9.17, 15) is 39.0 Å². The van der Waals surface area contributed by atoms with Gasteiger partial charge in [-0.2, -0.15) is 0 Å². The van der Waals surface area contributed by atoms with Crippen molar-refractivity contribution in [3.05, 3.63) is 0 Å². The number of carbonyl (C=O) groups excluding carboxylic acids is 3. The molecule has 0 aliphatic carbocycles. The van der Waals surface area contributed by atoms with Crippen LogP contribution < -0.4 is 21.7 Å². The van der Waals surface area contributed by atoms with Crippen LogP contribution >= 0.6 is 0 Å². The number of aliphatic hydroxyl groups is 1. The largest absolute Gasteiger partial charge is 0.481 e. The third-order valence-corrected chi connectivity index (χ3v) is 4.34. The second-order valence-corrected chi connectivity index (χ2v) is 7.49. The molecule has 14 heteroatoms. The molecule has 0 aliphatic heterocycles. The van der Waals surface area contributed by atoms with E-state index in [-0.39, 0.29) is 0 Å². The summed E-state index contributed by atoms with van der Waals surface area (Å²) in [7, 11) is 0. The molecule has 0 aromatic heterocycles. The summed E-state index contributed by atoms with van der Waals surface area (Å²) in [6, 6.07) is -6.03. The highest BCUT2D eigenvalue weighted by Gasteiger charge is 2.32. The van der Waals surface area contributed by atoms with Gasteiger partial charge in [-0.25, -0.2) is 4.79 Å². The minimum atomic E-state index is -1.70. The number of carboxylic acids is 3. The summed E-state index contributed by atoms with van der Waals surface area (Å²) >= 11 is 0. The Kier molecular flexibility index (Phi) is 11.9. The van der Waals surface area contributed by atoms with Crippen molar-refractivity contribution in [2.75, 3.05) is 0 Å². The second kappa shape index (κ2) is 13.2. The van der Waals surface area contributed by atoms with E-state index < -0.39 is 91.1 Å². The van der Waals surface area contributed by atoms with Crippen molar-refractivity contribution in [1.82, 2.24) is 16.0 Å². The molecule has 182 valence electrons. The Morgan fingerprint density at radius 3 is 1.69 bits per heavy atom. The van der Waals surface area contributed by atoms with Gasteiger partial charge in [0.15, 0.2) is 0 Å². The van der Waals surface area contributed by atoms with Crippen molar-refractivity contribution >= 4 is 35.6 Å². The van der Waals surface area contributed by atoms with E-state index in [4.69, 9.17) is 15.9 Å². The zero-order valence-corrected chi connectivity index (χ0v) is 17.9. The van der Waals surface area contributed by atoms with Crippen molar-refractivity contribution in [2.24, 2.45) is 11.7 Å². The number of hydrogen-bond acceptors (Lipinski definition) is 8. The van der Waals surface area contributed by atoms with Crippen LogP contribution in [0.5, 0.6) is 0 Å². The zero-order chi connectivity index (χ0) is 25.2. The molecule has 0 bridgehead atoms. The lowest BCUT2D eigenvalue weighted by molar-refractivity contribution is -0.144. The average molecular weight is 462 g/mol. The van der Waals surface area contributed by atoms with Gasteiger partial charge in [0.25, 0.3) is 0 Å². The van der Waals surface area contributed by atoms with Gasteiger partial charge in [-0.1, -0.05) is 13.8 Å². The van der Waals surface area contributed by atoms with Crippen molar-refractivity contribution in [3.63, 3.8) is 0 Å². The molecular formula is C18H30N4O10. The molecule has 0 saturated heterocycles. The SMILES string of the molecule is CC(C)C(NC(=O)C(CCC(=O)O)NC(=O)C(CC(=O)O)NC(=O)C(N)C(C)O)C(=O)O. The van der Waals surface area contributed by atoms with Crippen molar-refractivity contribution in [3.8, 4) is 0 Å². The van der Waals surface area contributed by atoms with Gasteiger partial charge < -0.3 is 42.1 Å². The predicted molar refractivity (Wildman–Crippen MR) is 107 cm³/mol. The molecule has 0 aromatic rings. The standard InChI is InChI=1S/C18H30N4O10/c1-7(2)14(18(31)32)22-15(28)9(4-5-11(24)25)20-16(29)10(6-12(26)27)21-17(30)13(19)8(3)23/h7-10,13-14,23H,4-6,19H2,1-3H3,(H,20,29)(H,21,30)(H,22,28)(H,24,25)(H,26,27)(H,31,32). The van der Waals surface area contributed by atoms with Crippen LogP contribution in [-0.4, -0.2) is 86.3 Å². The minimum absolute atomic E-state index is 0.432. The fourth-order valence-corrected chi connectivity index (χ4v) is 2.45. The van der Waals surface area contributed by atoms with Gasteiger partial charge in [-0.15, -0.1) is 0 Å². The molecule has 0 aromatic carbocycles. The van der Waals surface area contributed by atoms with Gasteiger partial charge >= 0.3 is 17.9 Å². The summed E-state index contributed by atoms with van der Waals surface area (Å²) in [6.45, 7) is 4.25. The first-order valence-corrected chi connectivity index (χ1v) is 9.68. The van der Waals surface area contributed by atoms with E-state index in [0.717, 1.165) is 0 Å². The van der Waals surface area contributed by atoms with Crippen LogP contribution in [0.4, 0.5) is 0 Å². The van der Waals surface area contributed by atoms with Crippen LogP contribution in [0.1, 0.15) is 40.0 Å². The van der Waals surface area contributed by atoms with E-state index >= 15 is 0 Å². The van der Waals surface area contributed by atoms with Crippen molar-refractivity contribution < 1.29 is 49.2 Å². The summed E-state index contributed by atoms with van der Waals surface area (Å²) < 4.78 is 0. The predicted octanol–water partition coefficient (Wildman–Crippen LogP) is -2.77. The van der Waals surface area contributed by atoms with E-state index in [1.807, 2.05) is 0 Å². The number of nitrogens with two attached hydrogens (primary N) is 1. The van der Waals surface area contributed by atoms with Gasteiger partial charge in [0, 0.05) is 6.42 Å². The van der Waals surface area contributed by atoms with Crippen LogP contribution in [0.2, 0.25) is 0 Å². The lowest BCUT2D eigenvalue weighted by atomic mass is 10.0. The first-order chi connectivity index (χ1) is 14.7. The highest BCUT2D eigenvalue weighted by molar-refractivity contribution is 5.95. The quantitative estimate of drug-likeness (QED) is 0.131. The highest BCUT2D eigenvalue weighted by atomic mass is 16.4. The van der Waals surface area contributed by atoms with Crippen LogP contribution in [-0.2, 0) is 28.8 Å². The lowest BCUT2D eigenvalue weighted by Gasteiger charge is -2.25. The van der Waals surface area contributed by atoms with E-state index in [2.05, 4.69) is 16.0 Å². The van der Waals surface area contributed by atoms with E-state index in [1.165, 1.54) is 20.8 Å². The topological polar surface area (TPSA) is 245 Å². The van der Waals surface area contributed by atoms with Crippen molar-refractivity contribution in [2.45, 2.75) is 70.3 Å². The lowest BCUT2D eigenvalue weighted by Crippen LogP contribution is -2.58. The van der Waals surface area contributed by atoms with Gasteiger partial charge in [-0.3, -0.25) is 24.0 Å². The van der Waals surface area contributed by atoms with E-state index in [0.29, 0.717) is 0 Å². The number of carboxylic acid groups (broad SMARTS) is 3. The molecule has 9 N–H and O–H groups in total. The Bertz CT molecular complexity index is 725. The molecule has 0 spiro atoms. The summed E-state index contributed by atoms with van der Waals surface area (Å²) in [5.74, 6) is -7.82. The van der Waals surface area contributed by atoms with Gasteiger partial charge in [-0.05, 0) is 19.3 Å². The summed E-state index contributed by atoms with van der Waals surface area (Å²) in [5.41, 5.74) is 5.46. The molecule has 0 radical (unpaired) electrons. The summed E-state index contributed by atoms with van der Waals surface area (Å²) in [4.78, 5) is 70.5. The van der Waals surface area contributed by atoms with Crippen molar-refractivity contribution in [1.29, 1.82) is 0 Å². The molecule has 0 aliphatic rings. The average Bonchev–Trinajstić information content (AvgIpc) is 2.66. The Morgan fingerprint density at radius 1 is 0.781 bits per heavy atom. The smallest absolute Gasteiger partial charge is 0.326 e. The van der Waals surface area contributed by atoms with Crippen LogP contribution in [0.15, 0.2) is 0 Å². The maximum Gasteiger partial charge on any atom is 0.326 e. The molecule has 5 unspecified atom stereocenters. The van der Waals surface area contributed by atoms with Gasteiger partial charge in [0.1, 0.15) is 24.2 Å². The summed E-state index contributed by atoms with van der Waals surface area (Å²) in [6.07, 6.45) is -3.21. The first kappa shape index (κ1) is 28.7. The summed E-state index contributed by atoms with van der Waals surface area (Å²) in [5, 5.41) is 42.9. The number of nitrogens with one attached hydrogen (secondary N) is 3. The van der Waals surface area contributed by atoms with Gasteiger partial charge in [0.2, 0.25) is 17.7 Å². The Hall–Kier alpha value is -3.26. The van der Waals surface area contributed by atoms with Crippen LogP contribution in [0.25, 0.3) is 0 Å². The molecule has 3 amide bonds. The monoisotopic (exact) mass is 462 g/mol. The van der Waals surface area contributed by atoms with Gasteiger partial charge in [0.05, 0.1) is 12.5 Å². The molecular weight excluding hydrogens is 432 g/mol. The number of aliphatic carboxylic acids is 3. The molecule has 14 nitrogen and oxygen atoms in total. The number of carbonyl (C=O) groups is 6. The zero-order valence-electron chi connectivity index (χ0n) is 17.9. The maximum atomic E-state index is 12.6. The first-order valence-electron chi connectivity index (χ1n) is 9.68. The maximum absolute atomic E-state index is 12.6. The Labute approximate surface area is 183 Å².